The highest BCUT2D eigenvalue weighted by Gasteiger charge is 2.45. The monoisotopic (exact) mass is 532 g/mol. The van der Waals surface area contributed by atoms with Gasteiger partial charge in [0.15, 0.2) is 22.1 Å². The van der Waals surface area contributed by atoms with Crippen molar-refractivity contribution in [3.63, 3.8) is 0 Å². The van der Waals surface area contributed by atoms with Gasteiger partial charge in [0.1, 0.15) is 17.1 Å². The molecule has 0 spiro atoms. The molecule has 0 saturated heterocycles. The first-order chi connectivity index (χ1) is 18.2. The number of esters is 1. The number of carbonyl (C=O) groups is 2. The molecule has 0 radical (unpaired) electrons. The number of phenolic OH excluding ortho intramolecular Hbond substituents is 1. The van der Waals surface area contributed by atoms with E-state index in [-0.39, 0.29) is 50.5 Å². The lowest BCUT2D eigenvalue weighted by molar-refractivity contribution is 0.0554. The number of aromatic nitrogens is 1. The first kappa shape index (κ1) is 25.2. The molecule has 1 N–H and O–H groups in total. The molecule has 10 heteroatoms. The van der Waals surface area contributed by atoms with Crippen LogP contribution in [0.15, 0.2) is 58.3 Å². The molecule has 5 rings (SSSR count). The number of hydrogen-bond donors (Lipinski definition) is 1. The van der Waals surface area contributed by atoms with E-state index in [2.05, 4.69) is 11.6 Å². The summed E-state index contributed by atoms with van der Waals surface area (Å²) < 4.78 is 16.7. The maximum Gasteiger partial charge on any atom is 0.350 e. The Morgan fingerprint density at radius 2 is 2.03 bits per heavy atom. The highest BCUT2D eigenvalue weighted by atomic mass is 32.1. The summed E-state index contributed by atoms with van der Waals surface area (Å²) in [5, 5.41) is 10.8. The Morgan fingerprint density at radius 1 is 1.24 bits per heavy atom. The number of benzene rings is 2. The fourth-order valence-electron chi connectivity index (χ4n) is 4.45. The van der Waals surface area contributed by atoms with Gasteiger partial charge in [-0.1, -0.05) is 41.7 Å². The summed E-state index contributed by atoms with van der Waals surface area (Å²) in [6.07, 6.45) is 1.45. The van der Waals surface area contributed by atoms with Crippen LogP contribution in [0, 0.1) is 13.8 Å². The smallest absolute Gasteiger partial charge is 0.350 e. The van der Waals surface area contributed by atoms with Crippen molar-refractivity contribution in [3.8, 4) is 11.5 Å². The molecule has 1 unspecified atom stereocenters. The molecule has 2 aromatic heterocycles. The summed E-state index contributed by atoms with van der Waals surface area (Å²) in [7, 11) is 0. The van der Waals surface area contributed by atoms with E-state index in [0.29, 0.717) is 23.3 Å². The van der Waals surface area contributed by atoms with Gasteiger partial charge in [0, 0.05) is 0 Å². The van der Waals surface area contributed by atoms with Crippen LogP contribution in [0.3, 0.4) is 0 Å². The van der Waals surface area contributed by atoms with Crippen LogP contribution in [-0.2, 0) is 4.74 Å². The first-order valence-corrected chi connectivity index (χ1v) is 12.7. The number of carbonyl (C=O) groups excluding carboxylic acids is 2. The van der Waals surface area contributed by atoms with Gasteiger partial charge in [0.2, 0.25) is 5.76 Å². The molecule has 1 atom stereocenters. The highest BCUT2D eigenvalue weighted by molar-refractivity contribution is 7.17. The first-order valence-electron chi connectivity index (χ1n) is 11.9. The summed E-state index contributed by atoms with van der Waals surface area (Å²) in [6.45, 7) is 9.16. The highest BCUT2D eigenvalue weighted by Crippen LogP contribution is 2.44. The summed E-state index contributed by atoms with van der Waals surface area (Å²) >= 11 is 0.979. The standard InChI is InChI=1S/C28H24N2O7S/c1-5-11-36-27(34)25-15(4)29-28(38-25)30-22(16-8-9-18(31)20(13-16)35-6-2)21-23(32)17-12-14(3)7-10-19(17)37-24(21)26(30)33/h5,7-10,12-13,22,31H,1,6,11H2,2-4H3. The molecule has 2 aromatic carbocycles. The molecular weight excluding hydrogens is 508 g/mol. The van der Waals surface area contributed by atoms with Crippen LogP contribution in [0.2, 0.25) is 0 Å². The van der Waals surface area contributed by atoms with E-state index in [1.807, 2.05) is 6.92 Å². The third-order valence-electron chi connectivity index (χ3n) is 6.13. The van der Waals surface area contributed by atoms with Crippen molar-refractivity contribution in [2.75, 3.05) is 18.1 Å². The summed E-state index contributed by atoms with van der Waals surface area (Å²) in [5.74, 6) is -1.15. The molecule has 1 aliphatic heterocycles. The molecular formula is C28H24N2O7S. The zero-order valence-corrected chi connectivity index (χ0v) is 21.8. The van der Waals surface area contributed by atoms with Crippen molar-refractivity contribution in [2.45, 2.75) is 26.8 Å². The second-order valence-corrected chi connectivity index (χ2v) is 9.69. The van der Waals surface area contributed by atoms with E-state index < -0.39 is 17.9 Å². The topological polar surface area (TPSA) is 119 Å². The molecule has 4 aromatic rings. The van der Waals surface area contributed by atoms with Crippen molar-refractivity contribution in [3.05, 3.63) is 92.3 Å². The molecule has 1 aliphatic rings. The molecule has 9 nitrogen and oxygen atoms in total. The molecule has 3 heterocycles. The van der Waals surface area contributed by atoms with E-state index in [0.717, 1.165) is 16.9 Å². The Morgan fingerprint density at radius 3 is 2.76 bits per heavy atom. The van der Waals surface area contributed by atoms with Crippen LogP contribution in [0.25, 0.3) is 11.0 Å². The third kappa shape index (κ3) is 4.12. The largest absolute Gasteiger partial charge is 0.504 e. The van der Waals surface area contributed by atoms with Crippen molar-refractivity contribution in [1.29, 1.82) is 0 Å². The average Bonchev–Trinajstić information content (AvgIpc) is 3.42. The summed E-state index contributed by atoms with van der Waals surface area (Å²) in [5.41, 5.74) is 1.83. The van der Waals surface area contributed by atoms with E-state index in [4.69, 9.17) is 13.9 Å². The van der Waals surface area contributed by atoms with Gasteiger partial charge in [-0.2, -0.15) is 0 Å². The van der Waals surface area contributed by atoms with Gasteiger partial charge in [-0.25, -0.2) is 9.78 Å². The Labute approximate surface area is 221 Å². The van der Waals surface area contributed by atoms with Crippen LogP contribution < -0.4 is 15.1 Å². The zero-order valence-electron chi connectivity index (χ0n) is 20.9. The molecule has 194 valence electrons. The fraction of sp³-hybridized carbons (Fsp3) is 0.214. The molecule has 0 fully saturated rings. The maximum atomic E-state index is 13.8. The van der Waals surface area contributed by atoms with Crippen LogP contribution >= 0.6 is 11.3 Å². The number of aryl methyl sites for hydroxylation is 2. The lowest BCUT2D eigenvalue weighted by Gasteiger charge is -2.23. The van der Waals surface area contributed by atoms with Gasteiger partial charge < -0.3 is 19.0 Å². The number of aromatic hydroxyl groups is 1. The van der Waals surface area contributed by atoms with Gasteiger partial charge in [-0.05, 0) is 50.6 Å². The number of ether oxygens (including phenoxy) is 2. The van der Waals surface area contributed by atoms with Crippen molar-refractivity contribution in [1.82, 2.24) is 4.98 Å². The lowest BCUT2D eigenvalue weighted by Crippen LogP contribution is -2.29. The van der Waals surface area contributed by atoms with Crippen LogP contribution in [0.4, 0.5) is 5.13 Å². The fourth-order valence-corrected chi connectivity index (χ4v) is 5.43. The number of phenols is 1. The minimum absolute atomic E-state index is 0.0281. The lowest BCUT2D eigenvalue weighted by atomic mass is 9.98. The molecule has 0 saturated carbocycles. The van der Waals surface area contributed by atoms with E-state index in [1.54, 1.807) is 44.2 Å². The zero-order chi connectivity index (χ0) is 27.1. The minimum Gasteiger partial charge on any atom is -0.504 e. The number of amides is 1. The minimum atomic E-state index is -0.943. The van der Waals surface area contributed by atoms with E-state index in [9.17, 15) is 19.5 Å². The number of rotatable bonds is 7. The van der Waals surface area contributed by atoms with Crippen molar-refractivity contribution < 1.29 is 28.6 Å². The number of nitrogens with zero attached hydrogens (tertiary/aromatic N) is 2. The second-order valence-electron chi connectivity index (χ2n) is 8.71. The van der Waals surface area contributed by atoms with E-state index >= 15 is 0 Å². The normalized spacial score (nSPS) is 14.6. The number of thiazole rings is 1. The van der Waals surface area contributed by atoms with Crippen LogP contribution in [0.1, 0.15) is 55.6 Å². The Kier molecular flexibility index (Phi) is 6.50. The van der Waals surface area contributed by atoms with E-state index in [1.165, 1.54) is 17.0 Å². The summed E-state index contributed by atoms with van der Waals surface area (Å²) in [4.78, 5) is 46.3. The van der Waals surface area contributed by atoms with Gasteiger partial charge >= 0.3 is 5.97 Å². The maximum absolute atomic E-state index is 13.8. The quantitative estimate of drug-likeness (QED) is 0.259. The Bertz CT molecular complexity index is 1670. The van der Waals surface area contributed by atoms with Crippen LogP contribution in [0.5, 0.6) is 11.5 Å². The number of fused-ring (bicyclic) bond motifs is 2. The molecule has 0 aliphatic carbocycles. The molecule has 38 heavy (non-hydrogen) atoms. The average molecular weight is 533 g/mol. The predicted molar refractivity (Wildman–Crippen MR) is 142 cm³/mol. The molecule has 1 amide bonds. The van der Waals surface area contributed by atoms with Crippen molar-refractivity contribution in [2.24, 2.45) is 0 Å². The number of anilines is 1. The Hall–Kier alpha value is -4.44. The van der Waals surface area contributed by atoms with Crippen LogP contribution in [-0.4, -0.2) is 35.2 Å². The number of hydrogen-bond acceptors (Lipinski definition) is 9. The Balaban J connectivity index is 1.74. The van der Waals surface area contributed by atoms with Gasteiger partial charge in [-0.3, -0.25) is 14.5 Å². The van der Waals surface area contributed by atoms with Gasteiger partial charge in [0.05, 0.1) is 29.3 Å². The van der Waals surface area contributed by atoms with Crippen molar-refractivity contribution >= 4 is 39.3 Å². The second kappa shape index (κ2) is 9.79. The third-order valence-corrected chi connectivity index (χ3v) is 7.27. The van der Waals surface area contributed by atoms with Gasteiger partial charge in [-0.15, -0.1) is 0 Å². The summed E-state index contributed by atoms with van der Waals surface area (Å²) in [6, 6.07) is 8.86. The molecule has 0 bridgehead atoms. The predicted octanol–water partition coefficient (Wildman–Crippen LogP) is 5.06. The SMILES string of the molecule is C=CCOC(=O)c1sc(N2C(=O)c3oc4ccc(C)cc4c(=O)c3C2c2ccc(O)c(OCC)c2)nc1C. The van der Waals surface area contributed by atoms with Gasteiger partial charge in [0.25, 0.3) is 5.91 Å².